The van der Waals surface area contributed by atoms with Gasteiger partial charge in [0.15, 0.2) is 27.9 Å². The normalized spacial score (nSPS) is 17.4. The summed E-state index contributed by atoms with van der Waals surface area (Å²) in [6.45, 7) is 6.56. The van der Waals surface area contributed by atoms with Crippen LogP contribution in [0.5, 0.6) is 11.5 Å². The second kappa shape index (κ2) is 11.2. The van der Waals surface area contributed by atoms with Crippen LogP contribution < -0.4 is 9.47 Å². The van der Waals surface area contributed by atoms with E-state index in [2.05, 4.69) is 6.92 Å². The Balaban J connectivity index is 1.99. The Morgan fingerprint density at radius 2 is 1.90 bits per heavy atom. The van der Waals surface area contributed by atoms with Crippen LogP contribution in [-0.2, 0) is 19.4 Å². The largest absolute Gasteiger partial charge is 0.490 e. The molecule has 1 unspecified atom stereocenters. The standard InChI is InChI=1S/C21H31NO7S/c1-4-7-11-28-18-9-8-16(13-19(18)27-6-3)21(24)29-14-20(23)22(5-2)17-10-12-30(25,26)15-17/h8-9,13,17H,4-7,10-12,14-15H2,1-3H3. The van der Waals surface area contributed by atoms with Crippen molar-refractivity contribution in [1.82, 2.24) is 4.90 Å². The van der Waals surface area contributed by atoms with Crippen LogP contribution in [0.2, 0.25) is 0 Å². The Morgan fingerprint density at radius 1 is 1.13 bits per heavy atom. The van der Waals surface area contributed by atoms with E-state index in [-0.39, 0.29) is 23.1 Å². The minimum absolute atomic E-state index is 0.0439. The van der Waals surface area contributed by atoms with E-state index in [0.29, 0.717) is 37.7 Å². The lowest BCUT2D eigenvalue weighted by atomic mass is 10.2. The zero-order valence-electron chi connectivity index (χ0n) is 17.9. The molecule has 1 saturated heterocycles. The third-order valence-electron chi connectivity index (χ3n) is 4.87. The second-order valence-electron chi connectivity index (χ2n) is 7.11. The fourth-order valence-corrected chi connectivity index (χ4v) is 5.03. The smallest absolute Gasteiger partial charge is 0.338 e. The molecule has 0 aliphatic carbocycles. The number of rotatable bonds is 11. The summed E-state index contributed by atoms with van der Waals surface area (Å²) in [6.07, 6.45) is 2.32. The van der Waals surface area contributed by atoms with Crippen LogP contribution in [0.4, 0.5) is 0 Å². The van der Waals surface area contributed by atoms with Crippen LogP contribution in [0.15, 0.2) is 18.2 Å². The number of unbranched alkanes of at least 4 members (excludes halogenated alkanes) is 1. The number of benzene rings is 1. The molecule has 1 aromatic rings. The number of carbonyl (C=O) groups is 2. The van der Waals surface area contributed by atoms with E-state index in [1.165, 1.54) is 4.90 Å². The summed E-state index contributed by atoms with van der Waals surface area (Å²) in [7, 11) is -3.11. The third kappa shape index (κ3) is 6.62. The highest BCUT2D eigenvalue weighted by Gasteiger charge is 2.34. The molecule has 1 heterocycles. The van der Waals surface area contributed by atoms with E-state index in [0.717, 1.165) is 12.8 Å². The maximum Gasteiger partial charge on any atom is 0.338 e. The van der Waals surface area contributed by atoms with Gasteiger partial charge in [-0.05, 0) is 44.9 Å². The van der Waals surface area contributed by atoms with Crippen molar-refractivity contribution < 1.29 is 32.2 Å². The average Bonchev–Trinajstić information content (AvgIpc) is 3.07. The minimum atomic E-state index is -3.11. The van der Waals surface area contributed by atoms with E-state index in [9.17, 15) is 18.0 Å². The van der Waals surface area contributed by atoms with Crippen molar-refractivity contribution in [2.45, 2.75) is 46.1 Å². The molecule has 0 N–H and O–H groups in total. The van der Waals surface area contributed by atoms with Gasteiger partial charge in [0.2, 0.25) is 0 Å². The topological polar surface area (TPSA) is 99.2 Å². The molecule has 1 amide bonds. The van der Waals surface area contributed by atoms with Gasteiger partial charge in [-0.25, -0.2) is 13.2 Å². The van der Waals surface area contributed by atoms with Crippen molar-refractivity contribution in [3.05, 3.63) is 23.8 Å². The number of ether oxygens (including phenoxy) is 3. The van der Waals surface area contributed by atoms with Crippen LogP contribution in [-0.4, -0.2) is 69.1 Å². The maximum absolute atomic E-state index is 12.5. The molecular weight excluding hydrogens is 410 g/mol. The first-order valence-corrected chi connectivity index (χ1v) is 12.2. The molecule has 0 aromatic heterocycles. The van der Waals surface area contributed by atoms with Crippen molar-refractivity contribution in [2.24, 2.45) is 0 Å². The molecule has 1 aromatic carbocycles. The second-order valence-corrected chi connectivity index (χ2v) is 9.34. The summed E-state index contributed by atoms with van der Waals surface area (Å²) in [5.74, 6) is -0.0264. The number of esters is 1. The van der Waals surface area contributed by atoms with Gasteiger partial charge in [-0.15, -0.1) is 0 Å². The van der Waals surface area contributed by atoms with Gasteiger partial charge in [0.1, 0.15) is 0 Å². The van der Waals surface area contributed by atoms with E-state index >= 15 is 0 Å². The zero-order chi connectivity index (χ0) is 22.1. The van der Waals surface area contributed by atoms with Gasteiger partial charge in [-0.2, -0.15) is 0 Å². The van der Waals surface area contributed by atoms with E-state index < -0.39 is 28.3 Å². The van der Waals surface area contributed by atoms with E-state index in [1.807, 2.05) is 6.92 Å². The van der Waals surface area contributed by atoms with Gasteiger partial charge < -0.3 is 19.1 Å². The van der Waals surface area contributed by atoms with Crippen LogP contribution in [0.1, 0.15) is 50.4 Å². The van der Waals surface area contributed by atoms with Gasteiger partial charge in [0.05, 0.1) is 30.3 Å². The van der Waals surface area contributed by atoms with Crippen molar-refractivity contribution in [1.29, 1.82) is 0 Å². The molecule has 9 heteroatoms. The predicted molar refractivity (Wildman–Crippen MR) is 113 cm³/mol. The first-order chi connectivity index (χ1) is 14.3. The van der Waals surface area contributed by atoms with E-state index in [1.54, 1.807) is 25.1 Å². The highest BCUT2D eigenvalue weighted by Crippen LogP contribution is 2.29. The van der Waals surface area contributed by atoms with Gasteiger partial charge in [-0.1, -0.05) is 13.3 Å². The molecule has 1 aliphatic heterocycles. The number of nitrogens with zero attached hydrogens (tertiary/aromatic N) is 1. The SMILES string of the molecule is CCCCOc1ccc(C(=O)OCC(=O)N(CC)C2CCS(=O)(=O)C2)cc1OCC. The Labute approximate surface area is 178 Å². The molecule has 30 heavy (non-hydrogen) atoms. The summed E-state index contributed by atoms with van der Waals surface area (Å²) in [5.41, 5.74) is 0.251. The summed E-state index contributed by atoms with van der Waals surface area (Å²) < 4.78 is 39.8. The van der Waals surface area contributed by atoms with Crippen molar-refractivity contribution >= 4 is 21.7 Å². The number of likely N-dealkylation sites (N-methyl/N-ethyl adjacent to an activating group) is 1. The number of sulfone groups is 1. The molecule has 0 saturated carbocycles. The van der Waals surface area contributed by atoms with Crippen molar-refractivity contribution in [2.75, 3.05) is 37.9 Å². The van der Waals surface area contributed by atoms with Gasteiger partial charge in [0, 0.05) is 12.6 Å². The molecule has 1 aliphatic rings. The monoisotopic (exact) mass is 441 g/mol. The van der Waals surface area contributed by atoms with Crippen molar-refractivity contribution in [3.63, 3.8) is 0 Å². The lowest BCUT2D eigenvalue weighted by molar-refractivity contribution is -0.136. The van der Waals surface area contributed by atoms with Gasteiger partial charge >= 0.3 is 5.97 Å². The average molecular weight is 442 g/mol. The van der Waals surface area contributed by atoms with Gasteiger partial charge in [-0.3, -0.25) is 4.79 Å². The fraction of sp³-hybridized carbons (Fsp3) is 0.619. The fourth-order valence-electron chi connectivity index (χ4n) is 3.30. The number of carbonyl (C=O) groups excluding carboxylic acids is 2. The molecule has 0 bridgehead atoms. The van der Waals surface area contributed by atoms with Crippen LogP contribution in [0.25, 0.3) is 0 Å². The molecular formula is C21H31NO7S. The molecule has 0 radical (unpaired) electrons. The van der Waals surface area contributed by atoms with E-state index in [4.69, 9.17) is 14.2 Å². The van der Waals surface area contributed by atoms with Crippen LogP contribution in [0, 0.1) is 0 Å². The summed E-state index contributed by atoms with van der Waals surface area (Å²) >= 11 is 0. The maximum atomic E-state index is 12.5. The minimum Gasteiger partial charge on any atom is -0.490 e. The quantitative estimate of drug-likeness (QED) is 0.384. The van der Waals surface area contributed by atoms with Gasteiger partial charge in [0.25, 0.3) is 5.91 Å². The Kier molecular flexibility index (Phi) is 8.95. The number of hydrogen-bond donors (Lipinski definition) is 0. The molecule has 2 rings (SSSR count). The zero-order valence-corrected chi connectivity index (χ0v) is 18.7. The van der Waals surface area contributed by atoms with Crippen LogP contribution >= 0.6 is 0 Å². The number of hydrogen-bond acceptors (Lipinski definition) is 7. The Bertz CT molecular complexity index is 838. The number of amides is 1. The highest BCUT2D eigenvalue weighted by atomic mass is 32.2. The summed E-state index contributed by atoms with van der Waals surface area (Å²) in [5, 5.41) is 0. The predicted octanol–water partition coefficient (Wildman–Crippen LogP) is 2.46. The van der Waals surface area contributed by atoms with Crippen molar-refractivity contribution in [3.8, 4) is 11.5 Å². The highest BCUT2D eigenvalue weighted by molar-refractivity contribution is 7.91. The lowest BCUT2D eigenvalue weighted by Crippen LogP contribution is -2.43. The molecule has 1 atom stereocenters. The first kappa shape index (κ1) is 24.0. The molecule has 8 nitrogen and oxygen atoms in total. The third-order valence-corrected chi connectivity index (χ3v) is 6.62. The Hall–Kier alpha value is -2.29. The Morgan fingerprint density at radius 3 is 2.50 bits per heavy atom. The molecule has 0 spiro atoms. The first-order valence-electron chi connectivity index (χ1n) is 10.4. The summed E-state index contributed by atoms with van der Waals surface area (Å²) in [6, 6.07) is 4.40. The molecule has 168 valence electrons. The van der Waals surface area contributed by atoms with Crippen LogP contribution in [0.3, 0.4) is 0 Å². The lowest BCUT2D eigenvalue weighted by Gasteiger charge is -2.26. The summed E-state index contributed by atoms with van der Waals surface area (Å²) in [4.78, 5) is 26.4. The molecule has 1 fully saturated rings.